The number of unbranched alkanes of at least 4 members (excludes halogenated alkanes) is 1. The van der Waals surface area contributed by atoms with Crippen molar-refractivity contribution >= 4 is 0 Å². The lowest BCUT2D eigenvalue weighted by atomic mass is 10.1. The molecule has 0 aromatic heterocycles. The quantitative estimate of drug-likeness (QED) is 0.603. The van der Waals surface area contributed by atoms with Crippen molar-refractivity contribution in [2.24, 2.45) is 0 Å². The number of hydrogen-bond donors (Lipinski definition) is 1. The van der Waals surface area contributed by atoms with Gasteiger partial charge in [0.25, 0.3) is 0 Å². The molecule has 1 rings (SSSR count). The van der Waals surface area contributed by atoms with Crippen LogP contribution < -0.4 is 4.74 Å². The van der Waals surface area contributed by atoms with Crippen molar-refractivity contribution in [3.63, 3.8) is 0 Å². The van der Waals surface area contributed by atoms with Gasteiger partial charge in [0, 0.05) is 18.6 Å². The molecule has 0 saturated carbocycles. The Hall–Kier alpha value is -1.46. The van der Waals surface area contributed by atoms with E-state index in [0.717, 1.165) is 29.7 Å². The van der Waals surface area contributed by atoms with Gasteiger partial charge in [-0.05, 0) is 37.1 Å². The third-order valence-corrected chi connectivity index (χ3v) is 2.12. The molecule has 2 nitrogen and oxygen atoms in total. The molecule has 0 radical (unpaired) electrons. The average molecular weight is 204 g/mol. The Balaban J connectivity index is 2.72. The van der Waals surface area contributed by atoms with Gasteiger partial charge in [-0.25, -0.2) is 0 Å². The zero-order chi connectivity index (χ0) is 11.1. The second-order valence-corrected chi connectivity index (χ2v) is 3.31. The van der Waals surface area contributed by atoms with Crippen LogP contribution in [0.2, 0.25) is 0 Å². The molecule has 0 fully saturated rings. The summed E-state index contributed by atoms with van der Waals surface area (Å²) in [7, 11) is 1.65. The number of aliphatic hydroxyl groups excluding tert-OH is 1. The van der Waals surface area contributed by atoms with E-state index >= 15 is 0 Å². The Bertz CT molecular complexity index is 372. The summed E-state index contributed by atoms with van der Waals surface area (Å²) in [5, 5.41) is 8.60. The van der Waals surface area contributed by atoms with Crippen LogP contribution in [-0.2, 0) is 0 Å². The lowest BCUT2D eigenvalue weighted by molar-refractivity contribution is 0.290. The normalized spacial score (nSPS) is 9.27. The average Bonchev–Trinajstić information content (AvgIpc) is 2.26. The van der Waals surface area contributed by atoms with Gasteiger partial charge in [-0.15, -0.1) is 0 Å². The van der Waals surface area contributed by atoms with Gasteiger partial charge < -0.3 is 9.84 Å². The number of aryl methyl sites for hydroxylation is 1. The molecule has 0 unspecified atom stereocenters. The van der Waals surface area contributed by atoms with Crippen LogP contribution in [0, 0.1) is 18.8 Å². The molecular formula is C13H16O2. The van der Waals surface area contributed by atoms with E-state index in [0.29, 0.717) is 0 Å². The van der Waals surface area contributed by atoms with E-state index in [1.54, 1.807) is 7.11 Å². The van der Waals surface area contributed by atoms with Gasteiger partial charge in [0.2, 0.25) is 0 Å². The highest BCUT2D eigenvalue weighted by Gasteiger charge is 1.96. The number of ether oxygens (including phenoxy) is 1. The summed E-state index contributed by atoms with van der Waals surface area (Å²) >= 11 is 0. The Labute approximate surface area is 90.9 Å². The molecule has 15 heavy (non-hydrogen) atoms. The van der Waals surface area contributed by atoms with E-state index in [9.17, 15) is 0 Å². The first-order valence-electron chi connectivity index (χ1n) is 5.02. The highest BCUT2D eigenvalue weighted by molar-refractivity contribution is 5.44. The van der Waals surface area contributed by atoms with E-state index in [2.05, 4.69) is 11.8 Å². The van der Waals surface area contributed by atoms with Gasteiger partial charge in [-0.1, -0.05) is 11.8 Å². The van der Waals surface area contributed by atoms with Crippen molar-refractivity contribution in [3.8, 4) is 17.6 Å². The van der Waals surface area contributed by atoms with Crippen LogP contribution in [0.25, 0.3) is 0 Å². The largest absolute Gasteiger partial charge is 0.497 e. The third-order valence-electron chi connectivity index (χ3n) is 2.12. The summed E-state index contributed by atoms with van der Waals surface area (Å²) in [5.74, 6) is 6.97. The maximum Gasteiger partial charge on any atom is 0.119 e. The summed E-state index contributed by atoms with van der Waals surface area (Å²) in [5.41, 5.74) is 2.14. The lowest BCUT2D eigenvalue weighted by Gasteiger charge is -2.02. The maximum atomic E-state index is 8.60. The van der Waals surface area contributed by atoms with Crippen LogP contribution in [0.5, 0.6) is 5.75 Å². The SMILES string of the molecule is COc1ccc(C#CCCCO)c(C)c1. The van der Waals surface area contributed by atoms with Crippen LogP contribution in [0.3, 0.4) is 0 Å². The lowest BCUT2D eigenvalue weighted by Crippen LogP contribution is -1.87. The zero-order valence-corrected chi connectivity index (χ0v) is 9.21. The van der Waals surface area contributed by atoms with E-state index in [1.807, 2.05) is 25.1 Å². The van der Waals surface area contributed by atoms with E-state index < -0.39 is 0 Å². The summed E-state index contributed by atoms with van der Waals surface area (Å²) in [6.45, 7) is 2.22. The molecule has 0 atom stereocenters. The fraction of sp³-hybridized carbons (Fsp3) is 0.385. The second-order valence-electron chi connectivity index (χ2n) is 3.31. The fourth-order valence-corrected chi connectivity index (χ4v) is 1.23. The molecule has 1 aromatic rings. The predicted octanol–water partition coefficient (Wildman–Crippen LogP) is 2.13. The van der Waals surface area contributed by atoms with Crippen LogP contribution in [-0.4, -0.2) is 18.8 Å². The fourth-order valence-electron chi connectivity index (χ4n) is 1.23. The molecule has 1 aromatic carbocycles. The molecule has 0 aliphatic rings. The highest BCUT2D eigenvalue weighted by atomic mass is 16.5. The molecule has 1 N–H and O–H groups in total. The minimum absolute atomic E-state index is 0.205. The van der Waals surface area contributed by atoms with Gasteiger partial charge in [0.05, 0.1) is 7.11 Å². The van der Waals surface area contributed by atoms with Gasteiger partial charge >= 0.3 is 0 Å². The number of aliphatic hydroxyl groups is 1. The Kier molecular flexibility index (Phi) is 4.73. The number of hydrogen-bond acceptors (Lipinski definition) is 2. The Morgan fingerprint density at radius 2 is 2.20 bits per heavy atom. The van der Waals surface area contributed by atoms with Crippen molar-refractivity contribution in [2.75, 3.05) is 13.7 Å². The highest BCUT2D eigenvalue weighted by Crippen LogP contribution is 2.15. The third kappa shape index (κ3) is 3.65. The van der Waals surface area contributed by atoms with Crippen molar-refractivity contribution in [1.29, 1.82) is 0 Å². The molecule has 0 saturated heterocycles. The number of benzene rings is 1. The van der Waals surface area contributed by atoms with Gasteiger partial charge in [0.1, 0.15) is 5.75 Å². The second kappa shape index (κ2) is 6.10. The molecule has 2 heteroatoms. The Morgan fingerprint density at radius 3 is 2.80 bits per heavy atom. The first kappa shape index (κ1) is 11.6. The monoisotopic (exact) mass is 204 g/mol. The van der Waals surface area contributed by atoms with E-state index in [1.165, 1.54) is 0 Å². The van der Waals surface area contributed by atoms with Crippen LogP contribution >= 0.6 is 0 Å². The molecular weight excluding hydrogens is 188 g/mol. The zero-order valence-electron chi connectivity index (χ0n) is 9.21. The standard InChI is InChI=1S/C13H16O2/c1-11-10-13(15-2)8-7-12(11)6-4-3-5-9-14/h7-8,10,14H,3,5,9H2,1-2H3. The van der Waals surface area contributed by atoms with Gasteiger partial charge in [0.15, 0.2) is 0 Å². The first-order valence-corrected chi connectivity index (χ1v) is 5.02. The Morgan fingerprint density at radius 1 is 1.40 bits per heavy atom. The molecule has 0 aliphatic carbocycles. The molecule has 0 bridgehead atoms. The molecule has 0 spiro atoms. The molecule has 0 aliphatic heterocycles. The summed E-state index contributed by atoms with van der Waals surface area (Å²) < 4.78 is 5.11. The molecule has 0 heterocycles. The summed E-state index contributed by atoms with van der Waals surface area (Å²) in [4.78, 5) is 0. The molecule has 0 amide bonds. The van der Waals surface area contributed by atoms with Gasteiger partial charge in [-0.2, -0.15) is 0 Å². The minimum Gasteiger partial charge on any atom is -0.497 e. The van der Waals surface area contributed by atoms with Gasteiger partial charge in [-0.3, -0.25) is 0 Å². The van der Waals surface area contributed by atoms with Crippen molar-refractivity contribution in [2.45, 2.75) is 19.8 Å². The smallest absolute Gasteiger partial charge is 0.119 e. The number of methoxy groups -OCH3 is 1. The molecule has 80 valence electrons. The maximum absolute atomic E-state index is 8.60. The topological polar surface area (TPSA) is 29.5 Å². The predicted molar refractivity (Wildman–Crippen MR) is 60.9 cm³/mol. The van der Waals surface area contributed by atoms with Crippen LogP contribution in [0.1, 0.15) is 24.0 Å². The summed E-state index contributed by atoms with van der Waals surface area (Å²) in [6.07, 6.45) is 1.48. The van der Waals surface area contributed by atoms with E-state index in [4.69, 9.17) is 9.84 Å². The van der Waals surface area contributed by atoms with Crippen molar-refractivity contribution in [3.05, 3.63) is 29.3 Å². The van der Waals surface area contributed by atoms with E-state index in [-0.39, 0.29) is 6.61 Å². The summed E-state index contributed by atoms with van der Waals surface area (Å²) in [6, 6.07) is 5.83. The van der Waals surface area contributed by atoms with Crippen molar-refractivity contribution < 1.29 is 9.84 Å². The minimum atomic E-state index is 0.205. The number of rotatable bonds is 3. The van der Waals surface area contributed by atoms with Crippen LogP contribution in [0.4, 0.5) is 0 Å². The van der Waals surface area contributed by atoms with Crippen LogP contribution in [0.15, 0.2) is 18.2 Å². The first-order chi connectivity index (χ1) is 7.27. The van der Waals surface area contributed by atoms with Crippen molar-refractivity contribution in [1.82, 2.24) is 0 Å².